The van der Waals surface area contributed by atoms with Gasteiger partial charge in [0.25, 0.3) is 0 Å². The molecule has 1 heterocycles. The van der Waals surface area contributed by atoms with Gasteiger partial charge in [-0.1, -0.05) is 27.7 Å². The number of nitrogens with zero attached hydrogens (tertiary/aromatic N) is 2. The van der Waals surface area contributed by atoms with Gasteiger partial charge in [0.05, 0.1) is 11.8 Å². The summed E-state index contributed by atoms with van der Waals surface area (Å²) < 4.78 is 7.86. The number of nitrogens with one attached hydrogen (secondary N) is 1. The molecule has 0 aromatic carbocycles. The van der Waals surface area contributed by atoms with Gasteiger partial charge in [0, 0.05) is 44.3 Å². The summed E-state index contributed by atoms with van der Waals surface area (Å²) in [6.07, 6.45) is 4.52. The molecule has 2 atom stereocenters. The summed E-state index contributed by atoms with van der Waals surface area (Å²) in [6.45, 7) is 10.9. The largest absolute Gasteiger partial charge is 0.377 e. The van der Waals surface area contributed by atoms with E-state index in [0.717, 1.165) is 31.7 Å². The minimum absolute atomic E-state index is 0.235. The molecule has 1 N–H and O–H groups in total. The van der Waals surface area contributed by atoms with Crippen LogP contribution in [0.1, 0.15) is 39.8 Å². The number of hydrogen-bond acceptors (Lipinski definition) is 3. The zero-order valence-corrected chi connectivity index (χ0v) is 13.5. The van der Waals surface area contributed by atoms with E-state index in [1.165, 1.54) is 0 Å². The maximum atomic E-state index is 6.00. The molecule has 114 valence electrons. The Bertz CT molecular complexity index is 425. The average Bonchev–Trinajstić information content (AvgIpc) is 2.77. The van der Waals surface area contributed by atoms with Gasteiger partial charge < -0.3 is 10.1 Å². The van der Waals surface area contributed by atoms with Crippen LogP contribution in [0.4, 0.5) is 0 Å². The fourth-order valence-electron chi connectivity index (χ4n) is 2.79. The van der Waals surface area contributed by atoms with Crippen molar-refractivity contribution in [2.45, 2.75) is 52.7 Å². The van der Waals surface area contributed by atoms with Crippen molar-refractivity contribution >= 4 is 0 Å². The van der Waals surface area contributed by atoms with Gasteiger partial charge in [0.2, 0.25) is 0 Å². The molecule has 1 saturated carbocycles. The maximum absolute atomic E-state index is 6.00. The van der Waals surface area contributed by atoms with Crippen molar-refractivity contribution in [3.05, 3.63) is 18.0 Å². The molecule has 0 amide bonds. The molecule has 0 saturated heterocycles. The maximum Gasteiger partial charge on any atom is 0.0656 e. The Kier molecular flexibility index (Phi) is 4.86. The fourth-order valence-corrected chi connectivity index (χ4v) is 2.79. The van der Waals surface area contributed by atoms with Gasteiger partial charge in [0.1, 0.15) is 0 Å². The number of aryl methyl sites for hydroxylation is 1. The second kappa shape index (κ2) is 6.27. The van der Waals surface area contributed by atoms with Crippen LogP contribution in [0.15, 0.2) is 12.3 Å². The predicted octanol–water partition coefficient (Wildman–Crippen LogP) is 2.39. The third-order valence-corrected chi connectivity index (χ3v) is 4.35. The van der Waals surface area contributed by atoms with E-state index >= 15 is 0 Å². The van der Waals surface area contributed by atoms with Crippen LogP contribution in [0, 0.1) is 11.3 Å². The molecule has 2 unspecified atom stereocenters. The van der Waals surface area contributed by atoms with Gasteiger partial charge in [-0.05, 0) is 18.4 Å². The number of ether oxygens (including phenoxy) is 1. The first-order valence-corrected chi connectivity index (χ1v) is 7.73. The van der Waals surface area contributed by atoms with Crippen molar-refractivity contribution in [3.63, 3.8) is 0 Å². The van der Waals surface area contributed by atoms with Crippen molar-refractivity contribution in [3.8, 4) is 0 Å². The summed E-state index contributed by atoms with van der Waals surface area (Å²) in [5.74, 6) is 0.613. The van der Waals surface area contributed by atoms with Crippen molar-refractivity contribution < 1.29 is 4.74 Å². The standard InChI is InChI=1S/C16H29N3O/c1-12(2)11-20-15-10-14(16(15,3)4)17-8-6-13-7-9-19(5)18-13/h7,9,12,14-15,17H,6,8,10-11H2,1-5H3. The van der Waals surface area contributed by atoms with Crippen LogP contribution in [-0.4, -0.2) is 35.1 Å². The minimum Gasteiger partial charge on any atom is -0.377 e. The van der Waals surface area contributed by atoms with E-state index in [2.05, 4.69) is 44.2 Å². The number of hydrogen-bond donors (Lipinski definition) is 1. The highest BCUT2D eigenvalue weighted by atomic mass is 16.5. The monoisotopic (exact) mass is 279 g/mol. The van der Waals surface area contributed by atoms with Gasteiger partial charge in [-0.25, -0.2) is 0 Å². The van der Waals surface area contributed by atoms with Crippen LogP contribution in [0.2, 0.25) is 0 Å². The SMILES string of the molecule is CC(C)COC1CC(NCCc2ccn(C)n2)C1(C)C. The molecule has 1 aliphatic rings. The van der Waals surface area contributed by atoms with Gasteiger partial charge in [-0.2, -0.15) is 5.10 Å². The summed E-state index contributed by atoms with van der Waals surface area (Å²) in [5.41, 5.74) is 1.39. The minimum atomic E-state index is 0.235. The summed E-state index contributed by atoms with van der Waals surface area (Å²) in [5, 5.41) is 8.06. The molecule has 2 rings (SSSR count). The molecular formula is C16H29N3O. The Balaban J connectivity index is 1.70. The smallest absolute Gasteiger partial charge is 0.0656 e. The van der Waals surface area contributed by atoms with Crippen molar-refractivity contribution in [1.29, 1.82) is 0 Å². The molecule has 0 aliphatic heterocycles. The van der Waals surface area contributed by atoms with Gasteiger partial charge in [0.15, 0.2) is 0 Å². The zero-order chi connectivity index (χ0) is 14.8. The van der Waals surface area contributed by atoms with Crippen LogP contribution >= 0.6 is 0 Å². The zero-order valence-electron chi connectivity index (χ0n) is 13.5. The highest BCUT2D eigenvalue weighted by molar-refractivity contribution is 5.04. The lowest BCUT2D eigenvalue weighted by Crippen LogP contribution is -2.61. The van der Waals surface area contributed by atoms with E-state index in [4.69, 9.17) is 4.74 Å². The molecule has 0 bridgehead atoms. The van der Waals surface area contributed by atoms with Gasteiger partial charge in [-0.3, -0.25) is 4.68 Å². The van der Waals surface area contributed by atoms with Crippen molar-refractivity contribution in [1.82, 2.24) is 15.1 Å². The molecule has 1 aromatic heterocycles. The molecule has 1 fully saturated rings. The van der Waals surface area contributed by atoms with Crippen LogP contribution in [-0.2, 0) is 18.2 Å². The Hall–Kier alpha value is -0.870. The Labute approximate surface area is 122 Å². The van der Waals surface area contributed by atoms with Crippen LogP contribution < -0.4 is 5.32 Å². The molecule has 4 heteroatoms. The Morgan fingerprint density at radius 1 is 1.50 bits per heavy atom. The van der Waals surface area contributed by atoms with E-state index in [0.29, 0.717) is 18.1 Å². The summed E-state index contributed by atoms with van der Waals surface area (Å²) in [6, 6.07) is 2.64. The first kappa shape index (κ1) is 15.5. The van der Waals surface area contributed by atoms with E-state index in [1.807, 2.05) is 17.9 Å². The third-order valence-electron chi connectivity index (χ3n) is 4.35. The lowest BCUT2D eigenvalue weighted by molar-refractivity contribution is -0.123. The first-order valence-electron chi connectivity index (χ1n) is 7.73. The van der Waals surface area contributed by atoms with Crippen molar-refractivity contribution in [2.24, 2.45) is 18.4 Å². The highest BCUT2D eigenvalue weighted by Crippen LogP contribution is 2.42. The van der Waals surface area contributed by atoms with Crippen LogP contribution in [0.25, 0.3) is 0 Å². The topological polar surface area (TPSA) is 39.1 Å². The summed E-state index contributed by atoms with van der Waals surface area (Å²) >= 11 is 0. The second-order valence-electron chi connectivity index (χ2n) is 7.01. The van der Waals surface area contributed by atoms with E-state index in [1.54, 1.807) is 0 Å². The second-order valence-corrected chi connectivity index (χ2v) is 7.01. The molecule has 1 aliphatic carbocycles. The third kappa shape index (κ3) is 3.61. The predicted molar refractivity (Wildman–Crippen MR) is 81.7 cm³/mol. The van der Waals surface area contributed by atoms with Crippen LogP contribution in [0.5, 0.6) is 0 Å². The molecule has 4 nitrogen and oxygen atoms in total. The Morgan fingerprint density at radius 2 is 2.25 bits per heavy atom. The van der Waals surface area contributed by atoms with E-state index < -0.39 is 0 Å². The van der Waals surface area contributed by atoms with E-state index in [9.17, 15) is 0 Å². The molecule has 0 spiro atoms. The summed E-state index contributed by atoms with van der Waals surface area (Å²) in [4.78, 5) is 0. The fraction of sp³-hybridized carbons (Fsp3) is 0.812. The lowest BCUT2D eigenvalue weighted by Gasteiger charge is -2.52. The number of aromatic nitrogens is 2. The lowest BCUT2D eigenvalue weighted by atomic mass is 9.64. The van der Waals surface area contributed by atoms with Gasteiger partial charge >= 0.3 is 0 Å². The molecule has 0 radical (unpaired) electrons. The molecule has 1 aromatic rings. The highest BCUT2D eigenvalue weighted by Gasteiger charge is 2.48. The van der Waals surface area contributed by atoms with Crippen LogP contribution in [0.3, 0.4) is 0 Å². The first-order chi connectivity index (χ1) is 9.39. The quantitative estimate of drug-likeness (QED) is 0.833. The van der Waals surface area contributed by atoms with E-state index in [-0.39, 0.29) is 5.41 Å². The summed E-state index contributed by atoms with van der Waals surface area (Å²) in [7, 11) is 1.96. The normalized spacial score (nSPS) is 24.9. The average molecular weight is 279 g/mol. The Morgan fingerprint density at radius 3 is 2.80 bits per heavy atom. The van der Waals surface area contributed by atoms with Gasteiger partial charge in [-0.15, -0.1) is 0 Å². The molecular weight excluding hydrogens is 250 g/mol. The van der Waals surface area contributed by atoms with Crippen molar-refractivity contribution in [2.75, 3.05) is 13.2 Å². The number of rotatable bonds is 7. The molecule has 20 heavy (non-hydrogen) atoms.